The summed E-state index contributed by atoms with van der Waals surface area (Å²) in [5, 5.41) is 4.87. The van der Waals surface area contributed by atoms with E-state index in [2.05, 4.69) is 44.0 Å². The zero-order valence-electron chi connectivity index (χ0n) is 12.0. The Hall–Kier alpha value is -0.440. The van der Waals surface area contributed by atoms with E-state index < -0.39 is 0 Å². The molecule has 0 bridgehead atoms. The number of hydrogen-bond donors (Lipinski definition) is 1. The van der Waals surface area contributed by atoms with Crippen LogP contribution in [-0.2, 0) is 0 Å². The minimum atomic E-state index is 0.245. The zero-order chi connectivity index (χ0) is 14.2. The quantitative estimate of drug-likeness (QED) is 0.836. The van der Waals surface area contributed by atoms with Crippen molar-refractivity contribution in [2.45, 2.75) is 39.8 Å². The van der Waals surface area contributed by atoms with Crippen LogP contribution in [0.4, 0.5) is 5.69 Å². The van der Waals surface area contributed by atoms with E-state index in [1.165, 1.54) is 0 Å². The summed E-state index contributed by atoms with van der Waals surface area (Å²) < 4.78 is 0. The number of halogens is 2. The molecule has 0 amide bonds. The molecule has 1 aromatic carbocycles. The summed E-state index contributed by atoms with van der Waals surface area (Å²) in [6.07, 6.45) is 0. The van der Waals surface area contributed by atoms with Crippen LogP contribution in [-0.4, -0.2) is 25.2 Å². The lowest BCUT2D eigenvalue weighted by Crippen LogP contribution is -2.59. The second kappa shape index (κ2) is 5.51. The average Bonchev–Trinajstić information content (AvgIpc) is 2.32. The van der Waals surface area contributed by atoms with E-state index in [1.54, 1.807) is 0 Å². The Morgan fingerprint density at radius 3 is 2.47 bits per heavy atom. The molecule has 2 unspecified atom stereocenters. The molecule has 2 nitrogen and oxygen atoms in total. The van der Waals surface area contributed by atoms with Gasteiger partial charge >= 0.3 is 0 Å². The lowest BCUT2D eigenvalue weighted by atomic mass is 9.84. The van der Waals surface area contributed by atoms with Gasteiger partial charge in [-0.25, -0.2) is 0 Å². The Balaban J connectivity index is 2.23. The summed E-state index contributed by atoms with van der Waals surface area (Å²) >= 11 is 12.1. The summed E-state index contributed by atoms with van der Waals surface area (Å²) in [5.41, 5.74) is 1.40. The van der Waals surface area contributed by atoms with Crippen LogP contribution in [0.2, 0.25) is 10.0 Å². The summed E-state index contributed by atoms with van der Waals surface area (Å²) in [6, 6.07) is 6.82. The van der Waals surface area contributed by atoms with Crippen molar-refractivity contribution >= 4 is 28.9 Å². The Morgan fingerprint density at radius 2 is 1.89 bits per heavy atom. The van der Waals surface area contributed by atoms with Crippen LogP contribution in [0.5, 0.6) is 0 Å². The second-order valence-corrected chi connectivity index (χ2v) is 7.24. The minimum Gasteiger partial charge on any atom is -0.366 e. The Bertz CT molecular complexity index is 454. The smallest absolute Gasteiger partial charge is 0.0612 e. The predicted octanol–water partition coefficient (Wildman–Crippen LogP) is 4.21. The fourth-order valence-corrected chi connectivity index (χ4v) is 2.76. The summed E-state index contributed by atoms with van der Waals surface area (Å²) in [6.45, 7) is 11.0. The molecule has 0 spiro atoms. The highest BCUT2D eigenvalue weighted by atomic mass is 35.5. The van der Waals surface area contributed by atoms with Gasteiger partial charge in [0.05, 0.1) is 10.0 Å². The van der Waals surface area contributed by atoms with E-state index in [4.69, 9.17) is 23.2 Å². The first-order valence-corrected chi connectivity index (χ1v) is 7.49. The SMILES string of the molecule is CC1CNC(C(C)(C)C)CN1c1ccc(Cl)c(Cl)c1. The first-order chi connectivity index (χ1) is 8.79. The van der Waals surface area contributed by atoms with Crippen LogP contribution in [0, 0.1) is 5.41 Å². The topological polar surface area (TPSA) is 15.3 Å². The van der Waals surface area contributed by atoms with Gasteiger partial charge in [-0.15, -0.1) is 0 Å². The van der Waals surface area contributed by atoms with Crippen molar-refractivity contribution in [1.82, 2.24) is 5.32 Å². The van der Waals surface area contributed by atoms with E-state index in [0.29, 0.717) is 22.1 Å². The summed E-state index contributed by atoms with van der Waals surface area (Å²) in [4.78, 5) is 2.41. The Kier molecular flexibility index (Phi) is 4.34. The van der Waals surface area contributed by atoms with Crippen LogP contribution in [0.25, 0.3) is 0 Å². The number of hydrogen-bond acceptors (Lipinski definition) is 2. The molecule has 1 heterocycles. The molecule has 0 aromatic heterocycles. The lowest BCUT2D eigenvalue weighted by molar-refractivity contribution is 0.239. The number of piperazine rings is 1. The molecule has 0 radical (unpaired) electrons. The van der Waals surface area contributed by atoms with Crippen LogP contribution < -0.4 is 10.2 Å². The van der Waals surface area contributed by atoms with Crippen molar-refractivity contribution in [1.29, 1.82) is 0 Å². The normalized spacial score (nSPS) is 24.6. The monoisotopic (exact) mass is 300 g/mol. The van der Waals surface area contributed by atoms with Crippen molar-refractivity contribution in [3.63, 3.8) is 0 Å². The Morgan fingerprint density at radius 1 is 1.21 bits per heavy atom. The maximum atomic E-state index is 6.13. The van der Waals surface area contributed by atoms with Crippen LogP contribution in [0.3, 0.4) is 0 Å². The molecule has 2 rings (SSSR count). The predicted molar refractivity (Wildman–Crippen MR) is 84.5 cm³/mol. The first kappa shape index (κ1) is 15.0. The van der Waals surface area contributed by atoms with Gasteiger partial charge in [0.25, 0.3) is 0 Å². The van der Waals surface area contributed by atoms with Gasteiger partial charge in [-0.1, -0.05) is 44.0 Å². The van der Waals surface area contributed by atoms with Crippen molar-refractivity contribution in [2.24, 2.45) is 5.41 Å². The van der Waals surface area contributed by atoms with Crippen LogP contribution in [0.1, 0.15) is 27.7 Å². The highest BCUT2D eigenvalue weighted by molar-refractivity contribution is 6.42. The first-order valence-electron chi connectivity index (χ1n) is 6.74. The fraction of sp³-hybridized carbons (Fsp3) is 0.600. The molecule has 19 heavy (non-hydrogen) atoms. The van der Waals surface area contributed by atoms with E-state index >= 15 is 0 Å². The van der Waals surface area contributed by atoms with Gasteiger partial charge in [0.15, 0.2) is 0 Å². The van der Waals surface area contributed by atoms with E-state index in [-0.39, 0.29) is 5.41 Å². The third kappa shape index (κ3) is 3.36. The van der Waals surface area contributed by atoms with Gasteiger partial charge in [-0.05, 0) is 30.5 Å². The molecular weight excluding hydrogens is 279 g/mol. The van der Waals surface area contributed by atoms with E-state index in [0.717, 1.165) is 18.8 Å². The molecule has 4 heteroatoms. The molecule has 1 aliphatic heterocycles. The zero-order valence-corrected chi connectivity index (χ0v) is 13.5. The fourth-order valence-electron chi connectivity index (χ4n) is 2.47. The second-order valence-electron chi connectivity index (χ2n) is 6.43. The van der Waals surface area contributed by atoms with Gasteiger partial charge in [0.2, 0.25) is 0 Å². The third-order valence-corrected chi connectivity index (χ3v) is 4.59. The van der Waals surface area contributed by atoms with Gasteiger partial charge < -0.3 is 10.2 Å². The van der Waals surface area contributed by atoms with Crippen molar-refractivity contribution in [3.8, 4) is 0 Å². The maximum absolute atomic E-state index is 6.13. The number of rotatable bonds is 1. The van der Waals surface area contributed by atoms with Crippen LogP contribution in [0.15, 0.2) is 18.2 Å². The molecule has 2 atom stereocenters. The summed E-state index contributed by atoms with van der Waals surface area (Å²) in [7, 11) is 0. The van der Waals surface area contributed by atoms with Gasteiger partial charge in [-0.2, -0.15) is 0 Å². The molecular formula is C15H22Cl2N2. The number of benzene rings is 1. The molecule has 0 aliphatic carbocycles. The van der Waals surface area contributed by atoms with Crippen molar-refractivity contribution in [2.75, 3.05) is 18.0 Å². The summed E-state index contributed by atoms with van der Waals surface area (Å²) in [5.74, 6) is 0. The number of nitrogens with one attached hydrogen (secondary N) is 1. The van der Waals surface area contributed by atoms with Crippen LogP contribution >= 0.6 is 23.2 Å². The van der Waals surface area contributed by atoms with Crippen molar-refractivity contribution < 1.29 is 0 Å². The molecule has 1 N–H and O–H groups in total. The van der Waals surface area contributed by atoms with Gasteiger partial charge in [0.1, 0.15) is 0 Å². The highest BCUT2D eigenvalue weighted by Gasteiger charge is 2.32. The number of nitrogens with zero attached hydrogens (tertiary/aromatic N) is 1. The van der Waals surface area contributed by atoms with Gasteiger partial charge in [-0.3, -0.25) is 0 Å². The molecule has 1 aliphatic rings. The molecule has 106 valence electrons. The number of anilines is 1. The molecule has 1 fully saturated rings. The average molecular weight is 301 g/mol. The standard InChI is InChI=1S/C15H22Cl2N2/c1-10-8-18-14(15(2,3)4)9-19(10)11-5-6-12(16)13(17)7-11/h5-7,10,14,18H,8-9H2,1-4H3. The Labute approximate surface area is 126 Å². The maximum Gasteiger partial charge on any atom is 0.0612 e. The van der Waals surface area contributed by atoms with Crippen molar-refractivity contribution in [3.05, 3.63) is 28.2 Å². The largest absolute Gasteiger partial charge is 0.366 e. The molecule has 1 aromatic rings. The van der Waals surface area contributed by atoms with Gasteiger partial charge in [0, 0.05) is 30.9 Å². The molecule has 1 saturated heterocycles. The highest BCUT2D eigenvalue weighted by Crippen LogP contribution is 2.31. The van der Waals surface area contributed by atoms with E-state index in [1.807, 2.05) is 12.1 Å². The third-order valence-electron chi connectivity index (χ3n) is 3.85. The molecule has 0 saturated carbocycles. The minimum absolute atomic E-state index is 0.245. The van der Waals surface area contributed by atoms with E-state index in [9.17, 15) is 0 Å². The lowest BCUT2D eigenvalue weighted by Gasteiger charge is -2.45.